The minimum absolute atomic E-state index is 0. The van der Waals surface area contributed by atoms with Crippen molar-refractivity contribution in [3.63, 3.8) is 0 Å². The van der Waals surface area contributed by atoms with Crippen LogP contribution in [0.4, 0.5) is 0 Å². The monoisotopic (exact) mass is 460 g/mol. The number of hydrogen-bond donors (Lipinski definition) is 0. The van der Waals surface area contributed by atoms with Crippen LogP contribution >= 0.6 is 24.0 Å². The molecule has 0 aliphatic heterocycles. The number of aryl methyl sites for hydroxylation is 2. The van der Waals surface area contributed by atoms with Crippen LogP contribution in [-0.4, -0.2) is 29.5 Å². The van der Waals surface area contributed by atoms with Gasteiger partial charge >= 0.3 is 0 Å². The van der Waals surface area contributed by atoms with Crippen molar-refractivity contribution in [3.8, 4) is 11.3 Å². The van der Waals surface area contributed by atoms with Crippen LogP contribution in [0.25, 0.3) is 11.3 Å². The normalized spacial score (nSPS) is 21.1. The summed E-state index contributed by atoms with van der Waals surface area (Å²) in [7, 11) is 2.01. The van der Waals surface area contributed by atoms with Crippen molar-refractivity contribution in [2.75, 3.05) is 0 Å². The van der Waals surface area contributed by atoms with Gasteiger partial charge in [-0.2, -0.15) is 10.2 Å². The molecule has 6 nitrogen and oxygen atoms in total. The molecule has 0 amide bonds. The third-order valence-corrected chi connectivity index (χ3v) is 7.07. The van der Waals surface area contributed by atoms with Gasteiger partial charge in [-0.1, -0.05) is 11.6 Å². The molecule has 0 spiro atoms. The third kappa shape index (κ3) is 4.80. The van der Waals surface area contributed by atoms with E-state index in [1.807, 2.05) is 24.1 Å². The zero-order chi connectivity index (χ0) is 20.7. The van der Waals surface area contributed by atoms with E-state index < -0.39 is 0 Å². The van der Waals surface area contributed by atoms with Gasteiger partial charge in [0, 0.05) is 42.8 Å². The maximum Gasteiger partial charge on any atom is 0.129 e. The Hall–Kier alpha value is -1.92. The van der Waals surface area contributed by atoms with Gasteiger partial charge in [0.1, 0.15) is 5.82 Å². The molecule has 2 saturated carbocycles. The van der Waals surface area contributed by atoms with E-state index in [-0.39, 0.29) is 12.4 Å². The lowest BCUT2D eigenvalue weighted by molar-refractivity contribution is 0.255. The summed E-state index contributed by atoms with van der Waals surface area (Å²) >= 11 is 6.53. The Balaban J connectivity index is 0.00000231. The second-order valence-corrected chi connectivity index (χ2v) is 9.46. The summed E-state index contributed by atoms with van der Waals surface area (Å²) in [6.45, 7) is 2.14. The number of halogens is 2. The van der Waals surface area contributed by atoms with E-state index >= 15 is 0 Å². The van der Waals surface area contributed by atoms with Gasteiger partial charge in [-0.25, -0.2) is 9.97 Å². The van der Waals surface area contributed by atoms with Crippen LogP contribution in [0.1, 0.15) is 61.8 Å². The van der Waals surface area contributed by atoms with Crippen LogP contribution in [0.15, 0.2) is 24.7 Å². The smallest absolute Gasteiger partial charge is 0.129 e. The number of rotatable bonds is 6. The highest BCUT2D eigenvalue weighted by atomic mass is 35.5. The summed E-state index contributed by atoms with van der Waals surface area (Å²) in [4.78, 5) is 9.47. The Labute approximate surface area is 194 Å². The molecule has 3 aromatic rings. The van der Waals surface area contributed by atoms with E-state index in [0.29, 0.717) is 17.0 Å². The van der Waals surface area contributed by atoms with E-state index in [1.54, 1.807) is 6.20 Å². The lowest BCUT2D eigenvalue weighted by Gasteiger charge is -2.29. The minimum atomic E-state index is 0. The van der Waals surface area contributed by atoms with E-state index in [2.05, 4.69) is 32.9 Å². The summed E-state index contributed by atoms with van der Waals surface area (Å²) in [5.74, 6) is 2.30. The molecule has 2 aliphatic rings. The lowest BCUT2D eigenvalue weighted by Crippen LogP contribution is -2.21. The topological polar surface area (TPSA) is 61.4 Å². The largest absolute Gasteiger partial charge is 0.272 e. The summed E-state index contributed by atoms with van der Waals surface area (Å²) < 4.78 is 4.17. The SMILES string of the molecule is Cc1ccnn1C1CCC(Cc2ncc(Cl)c(-c3cnn(C)c3CC3CC3)n2)CC1.Cl. The van der Waals surface area contributed by atoms with Crippen LogP contribution in [0, 0.1) is 18.8 Å². The van der Waals surface area contributed by atoms with Gasteiger partial charge in [-0.05, 0) is 69.8 Å². The van der Waals surface area contributed by atoms with E-state index in [9.17, 15) is 0 Å². The fourth-order valence-corrected chi connectivity index (χ4v) is 5.00. The van der Waals surface area contributed by atoms with Gasteiger partial charge in [-0.3, -0.25) is 9.36 Å². The molecule has 0 atom stereocenters. The van der Waals surface area contributed by atoms with Gasteiger partial charge in [-0.15, -0.1) is 12.4 Å². The molecule has 0 unspecified atom stereocenters. The Bertz CT molecular complexity index is 1030. The number of nitrogens with zero attached hydrogens (tertiary/aromatic N) is 6. The molecule has 2 aliphatic carbocycles. The predicted octanol–water partition coefficient (Wildman–Crippen LogP) is 5.38. The Kier molecular flexibility index (Phi) is 6.68. The maximum absolute atomic E-state index is 6.53. The van der Waals surface area contributed by atoms with Crippen LogP contribution in [0.2, 0.25) is 5.02 Å². The van der Waals surface area contributed by atoms with Crippen molar-refractivity contribution in [2.24, 2.45) is 18.9 Å². The molecule has 0 radical (unpaired) electrons. The number of aromatic nitrogens is 6. The highest BCUT2D eigenvalue weighted by Gasteiger charge is 2.27. The zero-order valence-electron chi connectivity index (χ0n) is 18.2. The van der Waals surface area contributed by atoms with Gasteiger partial charge < -0.3 is 0 Å². The maximum atomic E-state index is 6.53. The molecule has 8 heteroatoms. The molecule has 5 rings (SSSR count). The second kappa shape index (κ2) is 9.29. The standard InChI is InChI=1S/C23H29ClN6.ClH/c1-15-9-10-26-30(15)18-7-5-17(6-8-18)12-22-25-14-20(24)23(28-22)19-13-27-29(2)21(19)11-16-3-4-16;/h9-10,13-14,16-18H,3-8,11-12H2,1-2H3;1H. The average molecular weight is 461 g/mol. The lowest BCUT2D eigenvalue weighted by atomic mass is 9.84. The van der Waals surface area contributed by atoms with E-state index in [0.717, 1.165) is 35.8 Å². The molecule has 166 valence electrons. The minimum Gasteiger partial charge on any atom is -0.272 e. The first-order valence-corrected chi connectivity index (χ1v) is 11.5. The van der Waals surface area contributed by atoms with E-state index in [4.69, 9.17) is 16.6 Å². The van der Waals surface area contributed by atoms with Crippen molar-refractivity contribution in [3.05, 3.63) is 46.9 Å². The van der Waals surface area contributed by atoms with Gasteiger partial charge in [0.05, 0.1) is 23.0 Å². The molecule has 31 heavy (non-hydrogen) atoms. The summed E-state index contributed by atoms with van der Waals surface area (Å²) in [6, 6.07) is 2.61. The van der Waals surface area contributed by atoms with Crippen LogP contribution in [0.3, 0.4) is 0 Å². The Morgan fingerprint density at radius 2 is 1.71 bits per heavy atom. The van der Waals surface area contributed by atoms with Gasteiger partial charge in [0.2, 0.25) is 0 Å². The zero-order valence-corrected chi connectivity index (χ0v) is 19.7. The Morgan fingerprint density at radius 1 is 1.00 bits per heavy atom. The third-order valence-electron chi connectivity index (χ3n) is 6.79. The molecule has 3 heterocycles. The highest BCUT2D eigenvalue weighted by Crippen LogP contribution is 2.37. The van der Waals surface area contributed by atoms with Gasteiger partial charge in [0.15, 0.2) is 0 Å². The fourth-order valence-electron chi connectivity index (χ4n) is 4.80. The molecule has 0 N–H and O–H groups in total. The summed E-state index contributed by atoms with van der Waals surface area (Å²) in [5.41, 5.74) is 4.39. The molecule has 0 aromatic carbocycles. The van der Waals surface area contributed by atoms with Crippen molar-refractivity contribution in [1.29, 1.82) is 0 Å². The molecule has 0 bridgehead atoms. The highest BCUT2D eigenvalue weighted by molar-refractivity contribution is 6.32. The predicted molar refractivity (Wildman–Crippen MR) is 125 cm³/mol. The Morgan fingerprint density at radius 3 is 2.39 bits per heavy atom. The molecule has 2 fully saturated rings. The quantitative estimate of drug-likeness (QED) is 0.494. The summed E-state index contributed by atoms with van der Waals surface area (Å²) in [5, 5.41) is 9.61. The van der Waals surface area contributed by atoms with Crippen molar-refractivity contribution in [1.82, 2.24) is 29.5 Å². The van der Waals surface area contributed by atoms with Gasteiger partial charge in [0.25, 0.3) is 0 Å². The molecule has 0 saturated heterocycles. The number of hydrogen-bond acceptors (Lipinski definition) is 4. The first-order chi connectivity index (χ1) is 14.6. The second-order valence-electron chi connectivity index (χ2n) is 9.05. The van der Waals surface area contributed by atoms with E-state index in [1.165, 1.54) is 49.9 Å². The van der Waals surface area contributed by atoms with Crippen LogP contribution < -0.4 is 0 Å². The fraction of sp³-hybridized carbons (Fsp3) is 0.565. The van der Waals surface area contributed by atoms with Crippen molar-refractivity contribution < 1.29 is 0 Å². The van der Waals surface area contributed by atoms with Crippen LogP contribution in [0.5, 0.6) is 0 Å². The van der Waals surface area contributed by atoms with Crippen LogP contribution in [-0.2, 0) is 19.9 Å². The van der Waals surface area contributed by atoms with Crippen molar-refractivity contribution >= 4 is 24.0 Å². The first kappa shape index (κ1) is 22.3. The summed E-state index contributed by atoms with van der Waals surface area (Å²) in [6.07, 6.45) is 14.9. The van der Waals surface area contributed by atoms with Crippen molar-refractivity contribution in [2.45, 2.75) is 64.3 Å². The first-order valence-electron chi connectivity index (χ1n) is 11.1. The average Bonchev–Trinajstić information content (AvgIpc) is 3.36. The molecular formula is C23H30Cl2N6. The molecular weight excluding hydrogens is 431 g/mol. The molecule has 3 aromatic heterocycles.